The number of hydrogen-bond acceptors (Lipinski definition) is 4. The van der Waals surface area contributed by atoms with E-state index in [0.717, 1.165) is 11.1 Å². The van der Waals surface area contributed by atoms with Crippen molar-refractivity contribution in [3.63, 3.8) is 0 Å². The Morgan fingerprint density at radius 3 is 1.91 bits per heavy atom. The Hall–Kier alpha value is -3.58. The molecule has 0 saturated heterocycles. The Balaban J connectivity index is 1.74. The van der Waals surface area contributed by atoms with Crippen LogP contribution in [-0.2, 0) is 21.4 Å². The molecule has 0 heterocycles. The van der Waals surface area contributed by atoms with E-state index < -0.39 is 22.2 Å². The molecule has 0 bridgehead atoms. The molecule has 0 saturated carbocycles. The van der Waals surface area contributed by atoms with Crippen LogP contribution in [0, 0.1) is 6.92 Å². The van der Waals surface area contributed by atoms with E-state index in [2.05, 4.69) is 4.72 Å². The van der Waals surface area contributed by atoms with Gasteiger partial charge in [-0.1, -0.05) is 109 Å². The van der Waals surface area contributed by atoms with Crippen LogP contribution in [-0.4, -0.2) is 20.3 Å². The van der Waals surface area contributed by atoms with Gasteiger partial charge in [-0.2, -0.15) is 0 Å². The van der Waals surface area contributed by atoms with Gasteiger partial charge in [0.05, 0.1) is 17.5 Å². The maximum absolute atomic E-state index is 13.7. The third-order valence-electron chi connectivity index (χ3n) is 5.66. The molecule has 4 aromatic carbocycles. The summed E-state index contributed by atoms with van der Waals surface area (Å²) in [4.78, 5) is 13.8. The first kappa shape index (κ1) is 24.5. The van der Waals surface area contributed by atoms with Gasteiger partial charge in [0, 0.05) is 5.56 Å². The second-order valence-electron chi connectivity index (χ2n) is 8.27. The standard InChI is InChI=1S/C29H27NO4S/c1-22-17-19-26(20-18-22)35(32,33)30-27(24-13-7-3-8-14-24)29(28(31)25-15-9-4-10-16-25)34-21-23-11-5-2-6-12-23/h2-20,27,29-30H,21H2,1H3. The van der Waals surface area contributed by atoms with Crippen LogP contribution >= 0.6 is 0 Å². The molecule has 0 fully saturated rings. The number of carbonyl (C=O) groups excluding carboxylic acids is 1. The fourth-order valence-corrected chi connectivity index (χ4v) is 4.99. The van der Waals surface area contributed by atoms with Crippen molar-refractivity contribution in [2.75, 3.05) is 0 Å². The highest BCUT2D eigenvalue weighted by atomic mass is 32.2. The largest absolute Gasteiger partial charge is 0.363 e. The first-order valence-corrected chi connectivity index (χ1v) is 12.8. The van der Waals surface area contributed by atoms with Crippen molar-refractivity contribution in [3.05, 3.63) is 138 Å². The van der Waals surface area contributed by atoms with Crippen LogP contribution in [0.1, 0.15) is 33.1 Å². The Labute approximate surface area is 206 Å². The Morgan fingerprint density at radius 2 is 1.31 bits per heavy atom. The monoisotopic (exact) mass is 485 g/mol. The molecule has 2 unspecified atom stereocenters. The van der Waals surface area contributed by atoms with E-state index in [1.54, 1.807) is 60.7 Å². The quantitative estimate of drug-likeness (QED) is 0.302. The van der Waals surface area contributed by atoms with Gasteiger partial charge in [-0.15, -0.1) is 0 Å². The number of hydrogen-bond donors (Lipinski definition) is 1. The molecule has 4 aromatic rings. The Morgan fingerprint density at radius 1 is 0.771 bits per heavy atom. The molecule has 2 atom stereocenters. The molecule has 0 spiro atoms. The minimum atomic E-state index is -3.95. The number of ketones is 1. The molecular weight excluding hydrogens is 458 g/mol. The van der Waals surface area contributed by atoms with Crippen molar-refractivity contribution >= 4 is 15.8 Å². The molecule has 1 N–H and O–H groups in total. The predicted octanol–water partition coefficient (Wildman–Crippen LogP) is 5.48. The third kappa shape index (κ3) is 6.31. The number of Topliss-reactive ketones (excluding diaryl/α,β-unsaturated/α-hetero) is 1. The van der Waals surface area contributed by atoms with Crippen molar-refractivity contribution in [2.24, 2.45) is 0 Å². The summed E-state index contributed by atoms with van der Waals surface area (Å²) in [6.45, 7) is 2.04. The lowest BCUT2D eigenvalue weighted by atomic mass is 9.95. The lowest BCUT2D eigenvalue weighted by Crippen LogP contribution is -2.42. The van der Waals surface area contributed by atoms with Crippen molar-refractivity contribution in [2.45, 2.75) is 30.6 Å². The minimum Gasteiger partial charge on any atom is -0.363 e. The van der Waals surface area contributed by atoms with Crippen molar-refractivity contribution in [3.8, 4) is 0 Å². The number of rotatable bonds is 10. The summed E-state index contributed by atoms with van der Waals surface area (Å²) in [5.74, 6) is -0.304. The third-order valence-corrected chi connectivity index (χ3v) is 7.12. The van der Waals surface area contributed by atoms with Crippen LogP contribution in [0.15, 0.2) is 120 Å². The van der Waals surface area contributed by atoms with Crippen molar-refractivity contribution in [1.29, 1.82) is 0 Å². The summed E-state index contributed by atoms with van der Waals surface area (Å²) < 4.78 is 35.7. The summed E-state index contributed by atoms with van der Waals surface area (Å²) in [5.41, 5.74) is 2.91. The van der Waals surface area contributed by atoms with Crippen molar-refractivity contribution < 1.29 is 17.9 Å². The Bertz CT molecular complexity index is 1340. The molecule has 4 rings (SSSR count). The van der Waals surface area contributed by atoms with Crippen LogP contribution in [0.2, 0.25) is 0 Å². The molecular formula is C29H27NO4S. The smallest absolute Gasteiger partial charge is 0.241 e. The van der Waals surface area contributed by atoms with Crippen LogP contribution < -0.4 is 4.72 Å². The van der Waals surface area contributed by atoms with Crippen molar-refractivity contribution in [1.82, 2.24) is 4.72 Å². The van der Waals surface area contributed by atoms with Gasteiger partial charge in [-0.3, -0.25) is 4.79 Å². The van der Waals surface area contributed by atoms with E-state index in [1.807, 2.05) is 61.5 Å². The lowest BCUT2D eigenvalue weighted by molar-refractivity contribution is 0.0207. The van der Waals surface area contributed by atoms with Crippen LogP contribution in [0.5, 0.6) is 0 Å². The molecule has 0 aromatic heterocycles. The molecule has 0 aliphatic carbocycles. The SMILES string of the molecule is Cc1ccc(S(=O)(=O)NC(c2ccccc2)C(OCc2ccccc2)C(=O)c2ccccc2)cc1. The molecule has 0 amide bonds. The number of sulfonamides is 1. The van der Waals surface area contributed by atoms with Gasteiger partial charge in [0.25, 0.3) is 0 Å². The van der Waals surface area contributed by atoms with E-state index >= 15 is 0 Å². The number of ether oxygens (including phenoxy) is 1. The van der Waals surface area contributed by atoms with Gasteiger partial charge in [0.1, 0.15) is 6.10 Å². The summed E-state index contributed by atoms with van der Waals surface area (Å²) in [6, 6.07) is 33.0. The van der Waals surface area contributed by atoms with E-state index in [9.17, 15) is 13.2 Å². The number of aryl methyl sites for hydroxylation is 1. The summed E-state index contributed by atoms with van der Waals surface area (Å²) >= 11 is 0. The molecule has 6 heteroatoms. The normalized spacial score (nSPS) is 13.2. The van der Waals surface area contributed by atoms with Gasteiger partial charge < -0.3 is 4.74 Å². The van der Waals surface area contributed by atoms with Crippen LogP contribution in [0.3, 0.4) is 0 Å². The highest BCUT2D eigenvalue weighted by molar-refractivity contribution is 7.89. The van der Waals surface area contributed by atoms with Crippen LogP contribution in [0.4, 0.5) is 0 Å². The average molecular weight is 486 g/mol. The maximum Gasteiger partial charge on any atom is 0.241 e. The second kappa shape index (κ2) is 11.2. The zero-order chi connectivity index (χ0) is 24.7. The summed E-state index contributed by atoms with van der Waals surface area (Å²) in [6.07, 6.45) is -1.10. The lowest BCUT2D eigenvalue weighted by Gasteiger charge is -2.28. The molecule has 178 valence electrons. The average Bonchev–Trinajstić information content (AvgIpc) is 2.90. The predicted molar refractivity (Wildman–Crippen MR) is 136 cm³/mol. The van der Waals surface area contributed by atoms with E-state index in [0.29, 0.717) is 11.1 Å². The molecule has 0 aliphatic heterocycles. The summed E-state index contributed by atoms with van der Waals surface area (Å²) in [7, 11) is -3.95. The fraction of sp³-hybridized carbons (Fsp3) is 0.138. The topological polar surface area (TPSA) is 72.5 Å². The first-order valence-electron chi connectivity index (χ1n) is 11.3. The van der Waals surface area contributed by atoms with E-state index in [-0.39, 0.29) is 17.3 Å². The number of carbonyl (C=O) groups is 1. The zero-order valence-corrected chi connectivity index (χ0v) is 20.2. The van der Waals surface area contributed by atoms with E-state index in [4.69, 9.17) is 4.74 Å². The Kier molecular flexibility index (Phi) is 7.87. The first-order chi connectivity index (χ1) is 16.9. The number of benzene rings is 4. The van der Waals surface area contributed by atoms with Gasteiger partial charge in [-0.05, 0) is 30.2 Å². The molecule has 35 heavy (non-hydrogen) atoms. The highest BCUT2D eigenvalue weighted by Crippen LogP contribution is 2.26. The molecule has 5 nitrogen and oxygen atoms in total. The molecule has 0 radical (unpaired) electrons. The highest BCUT2D eigenvalue weighted by Gasteiger charge is 2.35. The fourth-order valence-electron chi connectivity index (χ4n) is 3.77. The van der Waals surface area contributed by atoms with Gasteiger partial charge in [0.15, 0.2) is 5.78 Å². The zero-order valence-electron chi connectivity index (χ0n) is 19.4. The van der Waals surface area contributed by atoms with Gasteiger partial charge in [0.2, 0.25) is 10.0 Å². The maximum atomic E-state index is 13.7. The van der Waals surface area contributed by atoms with Crippen LogP contribution in [0.25, 0.3) is 0 Å². The van der Waals surface area contributed by atoms with Gasteiger partial charge in [-0.25, -0.2) is 13.1 Å². The molecule has 0 aliphatic rings. The summed E-state index contributed by atoms with van der Waals surface area (Å²) in [5, 5.41) is 0. The van der Waals surface area contributed by atoms with Gasteiger partial charge >= 0.3 is 0 Å². The van der Waals surface area contributed by atoms with E-state index in [1.165, 1.54) is 0 Å². The second-order valence-corrected chi connectivity index (χ2v) is 9.98. The number of nitrogens with one attached hydrogen (secondary N) is 1. The minimum absolute atomic E-state index is 0.123.